The van der Waals surface area contributed by atoms with Crippen LogP contribution in [-0.4, -0.2) is 56.1 Å². The first kappa shape index (κ1) is 85.1. The molecule has 21 aromatic carbocycles. The lowest BCUT2D eigenvalue weighted by Gasteiger charge is -2.13. The van der Waals surface area contributed by atoms with E-state index in [0.717, 1.165) is 80.8 Å². The quantitative estimate of drug-likeness (QED) is 0.122. The molecule has 0 amide bonds. The molecule has 12 heterocycles. The Morgan fingerprint density at radius 1 is 0.133 bits per heavy atom. The van der Waals surface area contributed by atoms with Crippen LogP contribution < -0.4 is 0 Å². The van der Waals surface area contributed by atoms with E-state index < -0.39 is 0 Å². The van der Waals surface area contributed by atoms with Gasteiger partial charge in [-0.05, 0) is 176 Å². The smallest absolute Gasteiger partial charge is 0.125 e. The number of hydrogen-bond acceptors (Lipinski definition) is 6. The fourth-order valence-electron chi connectivity index (χ4n) is 24.1. The third-order valence-corrected chi connectivity index (χ3v) is 33.5. The van der Waals surface area contributed by atoms with E-state index >= 15 is 0 Å². The molecule has 0 fully saturated rings. The molecule has 702 valence electrons. The third kappa shape index (κ3) is 13.1. The average molecular weight is 1970 g/mol. The van der Waals surface area contributed by atoms with E-state index in [1.165, 1.54) is 196 Å². The summed E-state index contributed by atoms with van der Waals surface area (Å²) < 4.78 is 21.6. The Morgan fingerprint density at radius 3 is 0.807 bits per heavy atom. The van der Waals surface area contributed by atoms with Gasteiger partial charge in [0.2, 0.25) is 0 Å². The molecule has 12 nitrogen and oxygen atoms in total. The van der Waals surface area contributed by atoms with Gasteiger partial charge in [0, 0.05) is 148 Å². The number of fused-ring (bicyclic) bond motifs is 29. The SMILES string of the molecule is c1ccc(-c2ncc(-n3c4ccccc4c4c5c6ccccc6n(-c6cccc(-n7c8ccccc8c8ccccc87)c6)c5ccc43)s2)cc1.c1ccc(-n2c3ccccc3c3cc4c5ccccc5n(-c5cnc(-c6cccc(-n7c8ccccc8c8ccccc87)c6)s5)c4cc32)cc1.c1ccc(-n2c3ccccc3c3ccc4c5ccccc5n(-c5cnc(-c6ccc(-n7c8ccccc8c8ccccc87)cc6)s5)c4c32)cc1. The zero-order chi connectivity index (χ0) is 98.3. The van der Waals surface area contributed by atoms with E-state index in [0.29, 0.717) is 0 Å². The fraction of sp³-hybridized carbons (Fsp3) is 0. The Morgan fingerprint density at radius 2 is 0.380 bits per heavy atom. The van der Waals surface area contributed by atoms with E-state index in [2.05, 4.69) is 526 Å². The molecule has 150 heavy (non-hydrogen) atoms. The molecule has 12 aromatic heterocycles. The van der Waals surface area contributed by atoms with Gasteiger partial charge < -0.3 is 27.4 Å². The maximum Gasteiger partial charge on any atom is 0.125 e. The summed E-state index contributed by atoms with van der Waals surface area (Å²) in [5.74, 6) is 0. The van der Waals surface area contributed by atoms with Crippen LogP contribution >= 0.6 is 34.0 Å². The van der Waals surface area contributed by atoms with Crippen LogP contribution in [0.3, 0.4) is 0 Å². The molecule has 33 rings (SSSR count). The minimum Gasteiger partial charge on any atom is -0.309 e. The van der Waals surface area contributed by atoms with Crippen LogP contribution in [0.1, 0.15) is 0 Å². The summed E-state index contributed by atoms with van der Waals surface area (Å²) in [4.78, 5) is 15.0. The topological polar surface area (TPSA) is 83.0 Å². The number of para-hydroxylation sites is 14. The zero-order valence-electron chi connectivity index (χ0n) is 80.6. The lowest BCUT2D eigenvalue weighted by molar-refractivity contribution is 1.13. The Kier molecular flexibility index (Phi) is 19.4. The number of thiazole rings is 3. The van der Waals surface area contributed by atoms with Gasteiger partial charge in [0.15, 0.2) is 0 Å². The summed E-state index contributed by atoms with van der Waals surface area (Å²) in [5.41, 5.74) is 31.7. The van der Waals surface area contributed by atoms with Crippen molar-refractivity contribution in [2.24, 2.45) is 0 Å². The van der Waals surface area contributed by atoms with Crippen molar-refractivity contribution >= 4 is 230 Å². The highest BCUT2D eigenvalue weighted by atomic mass is 32.1. The highest BCUT2D eigenvalue weighted by molar-refractivity contribution is 7.18. The lowest BCUT2D eigenvalue weighted by atomic mass is 10.1. The minimum absolute atomic E-state index is 0.994. The summed E-state index contributed by atoms with van der Waals surface area (Å²) >= 11 is 5.20. The second-order valence-corrected chi connectivity index (χ2v) is 41.5. The van der Waals surface area contributed by atoms with Crippen LogP contribution in [0.2, 0.25) is 0 Å². The van der Waals surface area contributed by atoms with Gasteiger partial charge in [-0.1, -0.05) is 349 Å². The van der Waals surface area contributed by atoms with Gasteiger partial charge in [-0.15, -0.1) is 0 Å². The molecule has 0 spiro atoms. The zero-order valence-corrected chi connectivity index (χ0v) is 83.0. The Balaban J connectivity index is 0.000000101. The molecular formula is C135H84N12S3. The highest BCUT2D eigenvalue weighted by Crippen LogP contribution is 2.50. The average Bonchev–Trinajstić information content (AvgIpc) is 1.51. The normalized spacial score (nSPS) is 12.0. The first-order valence-corrected chi connectivity index (χ1v) is 53.1. The van der Waals surface area contributed by atoms with Crippen molar-refractivity contribution in [3.8, 4) is 80.8 Å². The first-order chi connectivity index (χ1) is 74.5. The third-order valence-electron chi connectivity index (χ3n) is 30.4. The predicted molar refractivity (Wildman–Crippen MR) is 632 cm³/mol. The molecule has 0 N–H and O–H groups in total. The van der Waals surface area contributed by atoms with E-state index in [4.69, 9.17) is 15.0 Å². The van der Waals surface area contributed by atoms with Crippen LogP contribution in [0, 0.1) is 0 Å². The molecule has 33 aromatic rings. The highest BCUT2D eigenvalue weighted by Gasteiger charge is 2.29. The maximum atomic E-state index is 5.05. The van der Waals surface area contributed by atoms with E-state index in [1.807, 2.05) is 24.7 Å². The van der Waals surface area contributed by atoms with Crippen LogP contribution in [0.25, 0.3) is 277 Å². The number of aromatic nitrogens is 12. The van der Waals surface area contributed by atoms with Crippen molar-refractivity contribution < 1.29 is 0 Å². The van der Waals surface area contributed by atoms with Crippen molar-refractivity contribution in [3.63, 3.8) is 0 Å². The minimum atomic E-state index is 0.994. The molecule has 0 bridgehead atoms. The standard InChI is InChI=1S/3C45H28N4S/c1-2-14-30(15-3-1)47-40-23-10-6-19-34(40)36-26-37-35-20-7-11-24-41(35)49(43(37)27-42(36)47)44-28-46-45(50-44)29-13-12-16-31(25-29)48-38-21-8-4-17-32(38)33-18-5-9-22-39(33)48;1-2-13-29(14-3-1)45-46-28-42(50-45)49-39-24-11-7-20-35(39)44-41(49)26-25-40-43(44)34-19-6-10-23-38(34)48(40)31-16-12-15-30(27-31)47-36-21-8-4-17-32(36)33-18-5-9-22-37(33)47;1-2-12-30(13-3-1)48-40-20-10-6-16-34(40)36-26-27-37-35-17-7-11-21-41(35)49(44(37)43(36)48)42-28-46-45(50-42)29-22-24-31(25-23-29)47-38-18-8-4-14-32(38)33-15-5-9-19-39(33)47/h3*1-28H. The monoisotopic (exact) mass is 1970 g/mol. The summed E-state index contributed by atoms with van der Waals surface area (Å²) in [6.45, 7) is 0. The van der Waals surface area contributed by atoms with Gasteiger partial charge in [0.05, 0.1) is 118 Å². The van der Waals surface area contributed by atoms with E-state index in [-0.39, 0.29) is 0 Å². The van der Waals surface area contributed by atoms with Crippen molar-refractivity contribution in [1.29, 1.82) is 0 Å². The second kappa shape index (κ2) is 34.2. The summed E-state index contributed by atoms with van der Waals surface area (Å²) in [6, 6.07) is 177. The Bertz CT molecular complexity index is 11100. The molecule has 0 atom stereocenters. The van der Waals surface area contributed by atoms with Gasteiger partial charge in [-0.2, -0.15) is 0 Å². The molecule has 0 radical (unpaired) electrons. The molecule has 0 saturated carbocycles. The van der Waals surface area contributed by atoms with E-state index in [9.17, 15) is 0 Å². The van der Waals surface area contributed by atoms with Crippen molar-refractivity contribution in [2.45, 2.75) is 0 Å². The molecule has 0 aliphatic heterocycles. The molecule has 0 aliphatic rings. The predicted octanol–water partition coefficient (Wildman–Crippen LogP) is 36.3. The fourth-order valence-corrected chi connectivity index (χ4v) is 27.0. The lowest BCUT2D eigenvalue weighted by Crippen LogP contribution is -1.98. The van der Waals surface area contributed by atoms with Gasteiger partial charge in [0.1, 0.15) is 30.0 Å². The Hall–Kier alpha value is -19.3. The number of nitrogens with zero attached hydrogens (tertiary/aromatic N) is 12. The Labute approximate surface area is 870 Å². The largest absolute Gasteiger partial charge is 0.309 e. The van der Waals surface area contributed by atoms with Gasteiger partial charge in [-0.3, -0.25) is 13.7 Å². The molecule has 0 aliphatic carbocycles. The van der Waals surface area contributed by atoms with Crippen LogP contribution in [0.5, 0.6) is 0 Å². The molecule has 0 saturated heterocycles. The molecular weight excluding hydrogens is 1890 g/mol. The van der Waals surface area contributed by atoms with Crippen molar-refractivity contribution in [2.75, 3.05) is 0 Å². The van der Waals surface area contributed by atoms with Crippen LogP contribution in [-0.2, 0) is 0 Å². The van der Waals surface area contributed by atoms with Crippen molar-refractivity contribution in [1.82, 2.24) is 56.1 Å². The number of benzene rings is 21. The molecule has 0 unspecified atom stereocenters. The number of rotatable bonds is 12. The van der Waals surface area contributed by atoms with Crippen LogP contribution in [0.4, 0.5) is 0 Å². The van der Waals surface area contributed by atoms with Crippen LogP contribution in [0.15, 0.2) is 510 Å². The summed E-state index contributed by atoms with van der Waals surface area (Å²) in [6.07, 6.45) is 6.10. The summed E-state index contributed by atoms with van der Waals surface area (Å²) in [7, 11) is 0. The summed E-state index contributed by atoms with van der Waals surface area (Å²) in [5, 5.41) is 28.9. The van der Waals surface area contributed by atoms with Crippen molar-refractivity contribution in [3.05, 3.63) is 510 Å². The maximum absolute atomic E-state index is 5.05. The van der Waals surface area contributed by atoms with Gasteiger partial charge in [-0.25, -0.2) is 15.0 Å². The molecule has 15 heteroatoms. The van der Waals surface area contributed by atoms with E-state index in [1.54, 1.807) is 34.0 Å². The second-order valence-electron chi connectivity index (χ2n) is 38.5. The van der Waals surface area contributed by atoms with Gasteiger partial charge in [0.25, 0.3) is 0 Å². The first-order valence-electron chi connectivity index (χ1n) is 50.7. The van der Waals surface area contributed by atoms with Gasteiger partial charge >= 0.3 is 0 Å². The number of hydrogen-bond donors (Lipinski definition) is 0.